The zero-order valence-corrected chi connectivity index (χ0v) is 33.4. The first-order valence-corrected chi connectivity index (χ1v) is 16.1. The molecule has 0 unspecified atom stereocenters. The molecule has 9 heteroatoms. The second kappa shape index (κ2) is 16.6. The van der Waals surface area contributed by atoms with Gasteiger partial charge < -0.3 is 27.2 Å². The Morgan fingerprint density at radius 1 is 0.891 bits per heavy atom. The minimum absolute atomic E-state index is 0. The van der Waals surface area contributed by atoms with Crippen molar-refractivity contribution < 1.29 is 74.1 Å². The Morgan fingerprint density at radius 2 is 1.54 bits per heavy atom. The molecule has 8 bridgehead atoms. The van der Waals surface area contributed by atoms with Crippen LogP contribution in [-0.4, -0.2) is 35.5 Å². The van der Waals surface area contributed by atoms with Crippen molar-refractivity contribution in [2.75, 3.05) is 13.2 Å². The van der Waals surface area contributed by atoms with Crippen LogP contribution in [-0.2, 0) is 4.74 Å². The summed E-state index contributed by atoms with van der Waals surface area (Å²) >= 11 is 0. The summed E-state index contributed by atoms with van der Waals surface area (Å²) in [6.45, 7) is 20.1. The van der Waals surface area contributed by atoms with Gasteiger partial charge in [-0.15, -0.1) is 0 Å². The first kappa shape index (κ1) is 38.7. The van der Waals surface area contributed by atoms with Crippen molar-refractivity contribution >= 4 is 17.1 Å². The number of ether oxygens (including phenoxy) is 1. The molecule has 1 saturated heterocycles. The Kier molecular flexibility index (Phi) is 14.0. The Labute approximate surface area is 319 Å². The topological polar surface area (TPSA) is 102 Å². The molecule has 234 valence electrons. The van der Waals surface area contributed by atoms with E-state index in [0.717, 1.165) is 81.5 Å². The van der Waals surface area contributed by atoms with Crippen molar-refractivity contribution in [1.29, 1.82) is 0 Å². The number of allylic oxidation sites excluding steroid dienone is 11. The number of rotatable bonds is 9. The minimum atomic E-state index is -0.976. The first-order chi connectivity index (χ1) is 21.1. The summed E-state index contributed by atoms with van der Waals surface area (Å²) in [5.41, 5.74) is 12.8. The number of fused-ring (bicyclic) bond motifs is 5. The van der Waals surface area contributed by atoms with Crippen LogP contribution in [0.3, 0.4) is 0 Å². The van der Waals surface area contributed by atoms with E-state index in [9.17, 15) is 10.2 Å². The van der Waals surface area contributed by atoms with Gasteiger partial charge in [-0.3, -0.25) is 0 Å². The van der Waals surface area contributed by atoms with Crippen LogP contribution >= 0.6 is 0 Å². The van der Waals surface area contributed by atoms with E-state index in [1.54, 1.807) is 0 Å². The number of nitrogens with zero attached hydrogens (tertiary/aromatic N) is 3. The molecule has 0 aromatic heterocycles. The van der Waals surface area contributed by atoms with Crippen LogP contribution < -0.4 is 69.5 Å². The third-order valence-electron chi connectivity index (χ3n) is 9.61. The molecule has 7 nitrogen and oxygen atoms in total. The van der Waals surface area contributed by atoms with Crippen LogP contribution in [0.15, 0.2) is 107 Å². The summed E-state index contributed by atoms with van der Waals surface area (Å²) in [5, 5.41) is 26.5. The fourth-order valence-electron chi connectivity index (χ4n) is 6.74. The number of hydrogen-bond acceptors (Lipinski definition) is 7. The molecule has 1 fully saturated rings. The van der Waals surface area contributed by atoms with Crippen molar-refractivity contribution in [3.8, 4) is 0 Å². The third kappa shape index (κ3) is 7.46. The number of hydrogen-bond donors (Lipinski definition) is 2. The van der Waals surface area contributed by atoms with Gasteiger partial charge >= 0.3 is 59.1 Å². The molecule has 0 spiro atoms. The average molecular weight is 641 g/mol. The van der Waals surface area contributed by atoms with Crippen LogP contribution in [0.2, 0.25) is 0 Å². The Hall–Kier alpha value is -1.71. The maximum Gasteiger partial charge on any atom is 1.00 e. The van der Waals surface area contributed by atoms with E-state index in [0.29, 0.717) is 30.0 Å². The fourth-order valence-corrected chi connectivity index (χ4v) is 6.74. The third-order valence-corrected chi connectivity index (χ3v) is 9.61. The van der Waals surface area contributed by atoms with E-state index < -0.39 is 5.95 Å². The molecule has 0 aliphatic carbocycles. The zero-order valence-electron chi connectivity index (χ0n) is 29.4. The Bertz CT molecular complexity index is 1610. The second-order valence-electron chi connectivity index (χ2n) is 12.3. The van der Waals surface area contributed by atoms with E-state index in [-0.39, 0.29) is 76.5 Å². The number of aliphatic hydroxyl groups is 1. The second-order valence-corrected chi connectivity index (χ2v) is 12.3. The van der Waals surface area contributed by atoms with Gasteiger partial charge in [-0.25, -0.2) is 15.0 Å². The Morgan fingerprint density at radius 3 is 2.17 bits per heavy atom. The predicted molar refractivity (Wildman–Crippen MR) is 178 cm³/mol. The smallest absolute Gasteiger partial charge is 0.629 e. The number of aliphatic imine (C=N–C) groups is 3. The molecule has 46 heavy (non-hydrogen) atoms. The Balaban J connectivity index is 0.00000288. The maximum absolute atomic E-state index is 12.6. The maximum atomic E-state index is 12.6. The minimum Gasteiger partial charge on any atom is -0.629 e. The molecular weight excluding hydrogens is 594 g/mol. The van der Waals surface area contributed by atoms with Crippen molar-refractivity contribution in [1.82, 2.24) is 5.32 Å². The first-order valence-electron chi connectivity index (χ1n) is 16.1. The van der Waals surface area contributed by atoms with E-state index in [2.05, 4.69) is 59.0 Å². The van der Waals surface area contributed by atoms with Gasteiger partial charge in [0, 0.05) is 35.1 Å². The molecule has 0 aromatic carbocycles. The molecule has 5 heterocycles. The fraction of sp³-hybridized carbons (Fsp3) is 0.459. The van der Waals surface area contributed by atoms with Crippen molar-refractivity contribution in [3.63, 3.8) is 0 Å². The predicted octanol–water partition coefficient (Wildman–Crippen LogP) is 1.42. The summed E-state index contributed by atoms with van der Waals surface area (Å²) in [5.74, 6) is -0.724. The summed E-state index contributed by atoms with van der Waals surface area (Å²) < 4.78 is 6.20. The molecular formula is C37H46N4Na2O3. The standard InChI is InChI=1S/C37H47N4O3.2Na/c1-9-12-13-14-15-44-19-27-22(6)28-16-30-21(5)26(11-3)35(40-30)24(8)36-34(37(42)43)23(7)31(41-36)18-32-25(10-2)20(4)29(38-32)17-33(27)39-28;;/h16-18,21,26,40,42-43H,3,9-15,19H2,1-2,4-8H3;;/q-1;2*+1/p-1/t21-,26-;;/m0../s1. The molecule has 2 N–H and O–H groups in total. The zero-order chi connectivity index (χ0) is 31.7. The molecule has 0 amide bonds. The largest absolute Gasteiger partial charge is 1.00 e. The molecule has 0 aromatic rings. The van der Waals surface area contributed by atoms with Crippen LogP contribution in [0.5, 0.6) is 0 Å². The van der Waals surface area contributed by atoms with Crippen molar-refractivity contribution in [2.45, 2.75) is 87.0 Å². The molecule has 2 atom stereocenters. The van der Waals surface area contributed by atoms with Crippen molar-refractivity contribution in [2.24, 2.45) is 26.8 Å². The van der Waals surface area contributed by atoms with E-state index >= 15 is 0 Å². The van der Waals surface area contributed by atoms with Gasteiger partial charge in [0.2, 0.25) is 0 Å². The summed E-state index contributed by atoms with van der Waals surface area (Å²) in [7, 11) is 0. The van der Waals surface area contributed by atoms with E-state index in [4.69, 9.17) is 19.7 Å². The summed E-state index contributed by atoms with van der Waals surface area (Å²) in [6, 6.07) is 0. The van der Waals surface area contributed by atoms with Crippen LogP contribution in [0.1, 0.15) is 87.0 Å². The van der Waals surface area contributed by atoms with Crippen LogP contribution in [0.25, 0.3) is 0 Å². The number of nitrogens with one attached hydrogen (secondary N) is 1. The van der Waals surface area contributed by atoms with Crippen LogP contribution in [0, 0.1) is 18.8 Å². The monoisotopic (exact) mass is 640 g/mol. The number of unbranched alkanes of at least 4 members (excludes halogenated alkanes) is 3. The van der Waals surface area contributed by atoms with Gasteiger partial charge in [-0.05, 0) is 92.5 Å². The molecule has 5 rings (SSSR count). The summed E-state index contributed by atoms with van der Waals surface area (Å²) in [6.07, 6.45) is 12.3. The van der Waals surface area contributed by atoms with Gasteiger partial charge in [0.1, 0.15) is 0 Å². The van der Waals surface area contributed by atoms with Gasteiger partial charge in [0.25, 0.3) is 0 Å². The average Bonchev–Trinajstić information content (AvgIpc) is 3.68. The van der Waals surface area contributed by atoms with Crippen LogP contribution in [0.4, 0.5) is 0 Å². The molecule has 0 radical (unpaired) electrons. The van der Waals surface area contributed by atoms with Gasteiger partial charge in [-0.2, -0.15) is 6.42 Å². The van der Waals surface area contributed by atoms with Gasteiger partial charge in [0.05, 0.1) is 46.8 Å². The van der Waals surface area contributed by atoms with E-state index in [1.165, 1.54) is 19.3 Å². The normalized spacial score (nSPS) is 23.4. The summed E-state index contributed by atoms with van der Waals surface area (Å²) in [4.78, 5) is 15.2. The van der Waals surface area contributed by atoms with Crippen molar-refractivity contribution in [3.05, 3.63) is 98.6 Å². The van der Waals surface area contributed by atoms with E-state index in [1.807, 2.05) is 19.9 Å². The molecule has 5 aliphatic heterocycles. The SMILES string of the molecule is [CH2-]C[C@@H]1C2=C(C)C3=NC(=C(C)/C3=C(/[O-])O)C=C3N=C(C=C4N=C(C=C(N2)[C@H]1C)C(C)=C4COCCCCCC)C(C)=C3CC.[Na+].[Na+]. The quantitative estimate of drug-likeness (QED) is 0.172. The van der Waals surface area contributed by atoms with Gasteiger partial charge in [-0.1, -0.05) is 40.0 Å². The molecule has 0 saturated carbocycles. The number of aliphatic hydroxyl groups excluding tert-OH is 1. The molecule has 5 aliphatic rings. The van der Waals surface area contributed by atoms with Gasteiger partial charge in [0.15, 0.2) is 0 Å².